The van der Waals surface area contributed by atoms with Gasteiger partial charge >= 0.3 is 0 Å². The SMILES string of the molecule is CN=C(NCCSC)N(C)CCOc1ccc(Cl)cc1. The van der Waals surface area contributed by atoms with Crippen molar-refractivity contribution in [3.05, 3.63) is 29.3 Å². The highest BCUT2D eigenvalue weighted by atomic mass is 35.5. The van der Waals surface area contributed by atoms with Crippen LogP contribution in [-0.2, 0) is 0 Å². The molecule has 4 nitrogen and oxygen atoms in total. The van der Waals surface area contributed by atoms with Gasteiger partial charge in [-0.05, 0) is 30.5 Å². The van der Waals surface area contributed by atoms with Crippen LogP contribution in [0.3, 0.4) is 0 Å². The van der Waals surface area contributed by atoms with Gasteiger partial charge < -0.3 is 15.0 Å². The van der Waals surface area contributed by atoms with E-state index in [4.69, 9.17) is 16.3 Å². The third-order valence-electron chi connectivity index (χ3n) is 2.67. The van der Waals surface area contributed by atoms with Gasteiger partial charge in [0.05, 0.1) is 6.54 Å². The Bertz CT molecular complexity index is 411. The van der Waals surface area contributed by atoms with Crippen molar-refractivity contribution in [1.29, 1.82) is 0 Å². The van der Waals surface area contributed by atoms with E-state index in [0.717, 1.165) is 30.6 Å². The summed E-state index contributed by atoms with van der Waals surface area (Å²) in [5.41, 5.74) is 0. The third kappa shape index (κ3) is 6.39. The summed E-state index contributed by atoms with van der Waals surface area (Å²) in [4.78, 5) is 6.30. The molecule has 1 rings (SSSR count). The molecule has 0 radical (unpaired) electrons. The fourth-order valence-corrected chi connectivity index (χ4v) is 2.02. The van der Waals surface area contributed by atoms with Gasteiger partial charge in [0.15, 0.2) is 5.96 Å². The Morgan fingerprint density at radius 3 is 2.70 bits per heavy atom. The van der Waals surface area contributed by atoms with Gasteiger partial charge in [-0.2, -0.15) is 11.8 Å². The quantitative estimate of drug-likeness (QED) is 0.477. The molecular formula is C14H22ClN3OS. The topological polar surface area (TPSA) is 36.9 Å². The lowest BCUT2D eigenvalue weighted by Gasteiger charge is -2.22. The lowest BCUT2D eigenvalue weighted by molar-refractivity contribution is 0.281. The lowest BCUT2D eigenvalue weighted by atomic mass is 10.3. The van der Waals surface area contributed by atoms with Crippen LogP contribution in [0.25, 0.3) is 0 Å². The summed E-state index contributed by atoms with van der Waals surface area (Å²) < 4.78 is 5.66. The van der Waals surface area contributed by atoms with Crippen molar-refractivity contribution in [3.63, 3.8) is 0 Å². The molecule has 1 N–H and O–H groups in total. The van der Waals surface area contributed by atoms with Crippen LogP contribution in [0.15, 0.2) is 29.3 Å². The Kier molecular flexibility index (Phi) is 8.30. The van der Waals surface area contributed by atoms with Gasteiger partial charge in [0.2, 0.25) is 0 Å². The summed E-state index contributed by atoms with van der Waals surface area (Å²) >= 11 is 7.64. The van der Waals surface area contributed by atoms with Gasteiger partial charge in [-0.1, -0.05) is 11.6 Å². The summed E-state index contributed by atoms with van der Waals surface area (Å²) in [6.45, 7) is 2.28. The zero-order valence-corrected chi connectivity index (χ0v) is 13.8. The second-order valence-electron chi connectivity index (χ2n) is 4.19. The number of ether oxygens (including phenoxy) is 1. The molecule has 0 amide bonds. The van der Waals surface area contributed by atoms with E-state index in [1.54, 1.807) is 7.05 Å². The number of nitrogens with one attached hydrogen (secondary N) is 1. The number of guanidine groups is 1. The average Bonchev–Trinajstić information content (AvgIpc) is 2.45. The molecule has 0 atom stereocenters. The first-order valence-electron chi connectivity index (χ1n) is 6.46. The molecule has 6 heteroatoms. The van der Waals surface area contributed by atoms with Gasteiger partial charge in [0.1, 0.15) is 12.4 Å². The highest BCUT2D eigenvalue weighted by Gasteiger charge is 2.05. The predicted molar refractivity (Wildman–Crippen MR) is 89.3 cm³/mol. The first-order chi connectivity index (χ1) is 9.67. The molecule has 0 aliphatic heterocycles. The third-order valence-corrected chi connectivity index (χ3v) is 3.54. The van der Waals surface area contributed by atoms with E-state index in [2.05, 4.69) is 21.5 Å². The standard InChI is InChI=1S/C14H22ClN3OS/c1-16-14(17-8-11-20-3)18(2)9-10-19-13-6-4-12(15)5-7-13/h4-7H,8-11H2,1-3H3,(H,16,17). The molecule has 0 aromatic heterocycles. The van der Waals surface area contributed by atoms with Gasteiger partial charge in [-0.25, -0.2) is 0 Å². The maximum Gasteiger partial charge on any atom is 0.193 e. The number of benzene rings is 1. The van der Waals surface area contributed by atoms with E-state index >= 15 is 0 Å². The van der Waals surface area contributed by atoms with Crippen molar-refractivity contribution in [3.8, 4) is 5.75 Å². The van der Waals surface area contributed by atoms with Crippen molar-refractivity contribution in [2.75, 3.05) is 45.8 Å². The molecule has 0 bridgehead atoms. The Labute approximate surface area is 130 Å². The summed E-state index contributed by atoms with van der Waals surface area (Å²) in [5.74, 6) is 2.78. The second kappa shape index (κ2) is 9.77. The smallest absolute Gasteiger partial charge is 0.193 e. The van der Waals surface area contributed by atoms with Crippen LogP contribution >= 0.6 is 23.4 Å². The number of aliphatic imine (C=N–C) groups is 1. The summed E-state index contributed by atoms with van der Waals surface area (Å²) in [5, 5.41) is 4.02. The first-order valence-corrected chi connectivity index (χ1v) is 8.23. The number of rotatable bonds is 7. The molecule has 0 saturated carbocycles. The van der Waals surface area contributed by atoms with Gasteiger partial charge in [0.25, 0.3) is 0 Å². The Morgan fingerprint density at radius 1 is 1.40 bits per heavy atom. The van der Waals surface area contributed by atoms with E-state index in [-0.39, 0.29) is 0 Å². The second-order valence-corrected chi connectivity index (χ2v) is 5.61. The van der Waals surface area contributed by atoms with Crippen molar-refractivity contribution < 1.29 is 4.74 Å². The van der Waals surface area contributed by atoms with Crippen LogP contribution in [0.2, 0.25) is 5.02 Å². The summed E-state index contributed by atoms with van der Waals surface area (Å²) in [7, 11) is 3.79. The molecule has 0 saturated heterocycles. The van der Waals surface area contributed by atoms with Gasteiger partial charge in [-0.3, -0.25) is 4.99 Å². The van der Waals surface area contributed by atoms with Crippen LogP contribution in [0.1, 0.15) is 0 Å². The Balaban J connectivity index is 2.30. The van der Waals surface area contributed by atoms with Crippen molar-refractivity contribution >= 4 is 29.3 Å². The molecule has 1 aromatic carbocycles. The normalized spacial score (nSPS) is 11.3. The zero-order chi connectivity index (χ0) is 14.8. The molecule has 112 valence electrons. The fourth-order valence-electron chi connectivity index (χ4n) is 1.59. The molecule has 0 aliphatic rings. The van der Waals surface area contributed by atoms with E-state index in [1.165, 1.54) is 0 Å². The number of likely N-dealkylation sites (N-methyl/N-ethyl adjacent to an activating group) is 1. The van der Waals surface area contributed by atoms with Gasteiger partial charge in [0, 0.05) is 31.4 Å². The first kappa shape index (κ1) is 17.0. The predicted octanol–water partition coefficient (Wildman–Crippen LogP) is 2.59. The fraction of sp³-hybridized carbons (Fsp3) is 0.500. The van der Waals surface area contributed by atoms with Crippen LogP contribution in [0, 0.1) is 0 Å². The number of halogens is 1. The van der Waals surface area contributed by atoms with Crippen LogP contribution in [0.4, 0.5) is 0 Å². The number of thioether (sulfide) groups is 1. The molecule has 0 heterocycles. The van der Waals surface area contributed by atoms with E-state index in [9.17, 15) is 0 Å². The van der Waals surface area contributed by atoms with E-state index < -0.39 is 0 Å². The van der Waals surface area contributed by atoms with Gasteiger partial charge in [-0.15, -0.1) is 0 Å². The van der Waals surface area contributed by atoms with Crippen molar-refractivity contribution in [2.24, 2.45) is 4.99 Å². The zero-order valence-electron chi connectivity index (χ0n) is 12.2. The molecule has 0 unspecified atom stereocenters. The van der Waals surface area contributed by atoms with Crippen molar-refractivity contribution in [2.45, 2.75) is 0 Å². The monoisotopic (exact) mass is 315 g/mol. The molecule has 0 spiro atoms. The molecule has 20 heavy (non-hydrogen) atoms. The summed E-state index contributed by atoms with van der Waals surface area (Å²) in [6.07, 6.45) is 2.09. The minimum absolute atomic E-state index is 0.599. The number of nitrogens with zero attached hydrogens (tertiary/aromatic N) is 2. The lowest BCUT2D eigenvalue weighted by Crippen LogP contribution is -2.41. The molecule has 0 fully saturated rings. The average molecular weight is 316 g/mol. The van der Waals surface area contributed by atoms with Crippen LogP contribution in [-0.4, -0.2) is 56.7 Å². The van der Waals surface area contributed by atoms with E-state index in [1.807, 2.05) is 43.1 Å². The molecule has 1 aromatic rings. The van der Waals surface area contributed by atoms with Crippen LogP contribution < -0.4 is 10.1 Å². The minimum Gasteiger partial charge on any atom is -0.492 e. The molecular weight excluding hydrogens is 294 g/mol. The minimum atomic E-state index is 0.599. The largest absolute Gasteiger partial charge is 0.492 e. The highest BCUT2D eigenvalue weighted by Crippen LogP contribution is 2.15. The maximum absolute atomic E-state index is 5.83. The Hall–Kier alpha value is -1.07. The van der Waals surface area contributed by atoms with Crippen molar-refractivity contribution in [1.82, 2.24) is 10.2 Å². The highest BCUT2D eigenvalue weighted by molar-refractivity contribution is 7.98. The van der Waals surface area contributed by atoms with Crippen LogP contribution in [0.5, 0.6) is 5.75 Å². The Morgan fingerprint density at radius 2 is 2.10 bits per heavy atom. The molecule has 0 aliphatic carbocycles. The number of hydrogen-bond acceptors (Lipinski definition) is 3. The van der Waals surface area contributed by atoms with E-state index in [0.29, 0.717) is 11.6 Å². The maximum atomic E-state index is 5.83. The summed E-state index contributed by atoms with van der Waals surface area (Å²) in [6, 6.07) is 7.38. The number of hydrogen-bond donors (Lipinski definition) is 1.